The zero-order valence-corrected chi connectivity index (χ0v) is 22.6. The SMILES string of the molecule is Cc1cc(C)c(/N=C2\SCC(=O)N2/N=C/c2ccc(C(=N)/N=C\Nc3ccc(OC(F)(F)F)cc3)cc2)c(C)c1. The number of hydrogen-bond acceptors (Lipinski definition) is 6. The molecule has 1 amide bonds. The normalized spacial score (nSPS) is 15.0. The van der Waals surface area contributed by atoms with Gasteiger partial charge in [-0.3, -0.25) is 10.2 Å². The summed E-state index contributed by atoms with van der Waals surface area (Å²) in [6, 6.07) is 16.1. The molecule has 1 fully saturated rings. The quantitative estimate of drug-likeness (QED) is 0.249. The average Bonchev–Trinajstić information content (AvgIpc) is 3.24. The number of carbonyl (C=O) groups is 1. The van der Waals surface area contributed by atoms with Crippen LogP contribution in [0.3, 0.4) is 0 Å². The summed E-state index contributed by atoms with van der Waals surface area (Å²) < 4.78 is 40.6. The van der Waals surface area contributed by atoms with E-state index in [2.05, 4.69) is 32.3 Å². The van der Waals surface area contributed by atoms with E-state index in [4.69, 9.17) is 10.4 Å². The van der Waals surface area contributed by atoms with Crippen molar-refractivity contribution in [1.29, 1.82) is 5.41 Å². The summed E-state index contributed by atoms with van der Waals surface area (Å²) in [6.45, 7) is 6.00. The van der Waals surface area contributed by atoms with Gasteiger partial charge in [-0.05, 0) is 61.7 Å². The van der Waals surface area contributed by atoms with Crippen molar-refractivity contribution in [3.63, 3.8) is 0 Å². The van der Waals surface area contributed by atoms with E-state index in [0.717, 1.165) is 22.4 Å². The molecule has 0 radical (unpaired) electrons. The van der Waals surface area contributed by atoms with E-state index in [1.165, 1.54) is 47.4 Å². The Labute approximate surface area is 233 Å². The van der Waals surface area contributed by atoms with Gasteiger partial charge in [-0.15, -0.1) is 13.2 Å². The number of alkyl halides is 3. The van der Waals surface area contributed by atoms with Gasteiger partial charge in [0.1, 0.15) is 5.75 Å². The Morgan fingerprint density at radius 2 is 1.70 bits per heavy atom. The van der Waals surface area contributed by atoms with Crippen LogP contribution in [0.1, 0.15) is 27.8 Å². The van der Waals surface area contributed by atoms with Gasteiger partial charge in [0.05, 0.1) is 24.0 Å². The van der Waals surface area contributed by atoms with Crippen LogP contribution in [-0.4, -0.2) is 46.6 Å². The molecule has 40 heavy (non-hydrogen) atoms. The molecule has 0 spiro atoms. The van der Waals surface area contributed by atoms with Gasteiger partial charge in [0, 0.05) is 11.3 Å². The Balaban J connectivity index is 1.37. The van der Waals surface area contributed by atoms with E-state index in [9.17, 15) is 18.0 Å². The maximum absolute atomic E-state index is 12.4. The highest BCUT2D eigenvalue weighted by molar-refractivity contribution is 8.15. The fourth-order valence-electron chi connectivity index (χ4n) is 3.84. The second-order valence-electron chi connectivity index (χ2n) is 8.83. The standard InChI is InChI=1S/C28H25F3N6O2S/c1-17-12-18(2)25(19(3)13-17)36-27-37(24(38)15-40-27)35-14-20-4-6-21(7-5-20)26(32)34-16-33-22-8-10-23(11-9-22)39-28(29,30)31/h4-14,16H,15H2,1-3H3,(H2,32,33,34)/b35-14+,36-27-. The number of thioether (sulfide) groups is 1. The van der Waals surface area contributed by atoms with Crippen molar-refractivity contribution in [2.45, 2.75) is 27.1 Å². The molecular formula is C28H25F3N6O2S. The van der Waals surface area contributed by atoms with Crippen LogP contribution in [0, 0.1) is 26.2 Å². The lowest BCUT2D eigenvalue weighted by Gasteiger charge is -2.12. The number of amidine groups is 2. The maximum atomic E-state index is 12.4. The van der Waals surface area contributed by atoms with Crippen LogP contribution in [0.5, 0.6) is 5.75 Å². The van der Waals surface area contributed by atoms with Gasteiger partial charge in [0.15, 0.2) is 11.0 Å². The van der Waals surface area contributed by atoms with Crippen LogP contribution in [0.2, 0.25) is 0 Å². The summed E-state index contributed by atoms with van der Waals surface area (Å²) in [5.41, 5.74) is 5.75. The molecule has 0 saturated carbocycles. The number of nitrogens with zero attached hydrogens (tertiary/aromatic N) is 4. The zero-order chi connectivity index (χ0) is 28.9. The summed E-state index contributed by atoms with van der Waals surface area (Å²) in [5.74, 6) is -0.268. The molecule has 0 atom stereocenters. The smallest absolute Gasteiger partial charge is 0.406 e. The maximum Gasteiger partial charge on any atom is 0.573 e. The molecule has 1 saturated heterocycles. The molecule has 206 valence electrons. The minimum Gasteiger partial charge on any atom is -0.406 e. The minimum absolute atomic E-state index is 0.0302. The molecule has 1 aliphatic rings. The third-order valence-electron chi connectivity index (χ3n) is 5.60. The Morgan fingerprint density at radius 3 is 2.33 bits per heavy atom. The Kier molecular flexibility index (Phi) is 8.68. The van der Waals surface area contributed by atoms with E-state index < -0.39 is 6.36 Å². The highest BCUT2D eigenvalue weighted by atomic mass is 32.2. The van der Waals surface area contributed by atoms with Gasteiger partial charge in [-0.1, -0.05) is 53.7 Å². The lowest BCUT2D eigenvalue weighted by atomic mass is 10.1. The van der Waals surface area contributed by atoms with E-state index >= 15 is 0 Å². The number of ether oxygens (including phenoxy) is 1. The predicted octanol–water partition coefficient (Wildman–Crippen LogP) is 6.57. The topological polar surface area (TPSA) is 102 Å². The molecule has 12 heteroatoms. The number of hydrazone groups is 1. The first-order valence-corrected chi connectivity index (χ1v) is 13.0. The fourth-order valence-corrected chi connectivity index (χ4v) is 4.65. The molecule has 3 aromatic carbocycles. The second kappa shape index (κ2) is 12.2. The highest BCUT2D eigenvalue weighted by Crippen LogP contribution is 2.30. The molecule has 0 bridgehead atoms. The number of hydrogen-bond donors (Lipinski definition) is 2. The third kappa shape index (κ3) is 7.56. The van der Waals surface area contributed by atoms with Crippen LogP contribution >= 0.6 is 11.8 Å². The number of nitrogens with one attached hydrogen (secondary N) is 2. The Morgan fingerprint density at radius 1 is 1.05 bits per heavy atom. The first-order chi connectivity index (χ1) is 19.0. The van der Waals surface area contributed by atoms with Crippen LogP contribution in [0.25, 0.3) is 0 Å². The van der Waals surface area contributed by atoms with E-state index in [0.29, 0.717) is 22.0 Å². The number of anilines is 1. The van der Waals surface area contributed by atoms with Crippen molar-refractivity contribution >= 4 is 52.6 Å². The molecule has 0 aliphatic carbocycles. The first kappa shape index (κ1) is 28.6. The van der Waals surface area contributed by atoms with Crippen LogP contribution in [-0.2, 0) is 4.79 Å². The van der Waals surface area contributed by atoms with E-state index in [1.807, 2.05) is 20.8 Å². The number of aryl methyl sites for hydroxylation is 3. The number of carbonyl (C=O) groups excluding carboxylic acids is 1. The summed E-state index contributed by atoms with van der Waals surface area (Å²) in [6.07, 6.45) is -1.93. The van der Waals surface area contributed by atoms with Gasteiger partial charge >= 0.3 is 6.36 Å². The van der Waals surface area contributed by atoms with Crippen molar-refractivity contribution in [2.24, 2.45) is 15.1 Å². The summed E-state index contributed by atoms with van der Waals surface area (Å²) in [7, 11) is 0. The van der Waals surface area contributed by atoms with Gasteiger partial charge in [-0.2, -0.15) is 10.1 Å². The lowest BCUT2D eigenvalue weighted by Crippen LogP contribution is -2.23. The van der Waals surface area contributed by atoms with Crippen molar-refractivity contribution < 1.29 is 22.7 Å². The molecule has 1 aliphatic heterocycles. The van der Waals surface area contributed by atoms with Crippen molar-refractivity contribution in [2.75, 3.05) is 11.1 Å². The van der Waals surface area contributed by atoms with Gasteiger partial charge in [0.25, 0.3) is 5.91 Å². The number of aliphatic imine (C=N–C) groups is 2. The summed E-state index contributed by atoms with van der Waals surface area (Å²) in [4.78, 5) is 21.2. The first-order valence-electron chi connectivity index (χ1n) is 12.0. The monoisotopic (exact) mass is 566 g/mol. The Bertz CT molecular complexity index is 1480. The van der Waals surface area contributed by atoms with Crippen molar-refractivity contribution in [1.82, 2.24) is 5.01 Å². The van der Waals surface area contributed by atoms with Crippen LogP contribution in [0.4, 0.5) is 24.5 Å². The molecule has 0 aromatic heterocycles. The van der Waals surface area contributed by atoms with Gasteiger partial charge in [-0.25, -0.2) is 9.98 Å². The number of rotatable bonds is 7. The summed E-state index contributed by atoms with van der Waals surface area (Å²) >= 11 is 1.34. The van der Waals surface area contributed by atoms with E-state index in [-0.39, 0.29) is 23.2 Å². The van der Waals surface area contributed by atoms with E-state index in [1.54, 1.807) is 30.5 Å². The second-order valence-corrected chi connectivity index (χ2v) is 9.77. The predicted molar refractivity (Wildman–Crippen MR) is 153 cm³/mol. The van der Waals surface area contributed by atoms with Gasteiger partial charge in [0.2, 0.25) is 0 Å². The zero-order valence-electron chi connectivity index (χ0n) is 21.8. The third-order valence-corrected chi connectivity index (χ3v) is 6.52. The fraction of sp³-hybridized carbons (Fsp3) is 0.179. The molecule has 3 aromatic rings. The molecule has 0 unspecified atom stereocenters. The molecule has 2 N–H and O–H groups in total. The lowest BCUT2D eigenvalue weighted by molar-refractivity contribution is -0.274. The van der Waals surface area contributed by atoms with Crippen LogP contribution in [0.15, 0.2) is 75.7 Å². The van der Waals surface area contributed by atoms with Gasteiger partial charge < -0.3 is 10.1 Å². The molecule has 4 rings (SSSR count). The summed E-state index contributed by atoms with van der Waals surface area (Å²) in [5, 5.41) is 17.1. The van der Waals surface area contributed by atoms with Crippen molar-refractivity contribution in [3.8, 4) is 5.75 Å². The number of benzene rings is 3. The molecule has 8 nitrogen and oxygen atoms in total. The minimum atomic E-state index is -4.76. The number of amides is 1. The highest BCUT2D eigenvalue weighted by Gasteiger charge is 2.31. The molecular weight excluding hydrogens is 541 g/mol. The largest absolute Gasteiger partial charge is 0.573 e. The average molecular weight is 567 g/mol. The number of halogens is 3. The Hall–Kier alpha value is -4.45. The van der Waals surface area contributed by atoms with Crippen LogP contribution < -0.4 is 10.1 Å². The van der Waals surface area contributed by atoms with Crippen molar-refractivity contribution in [3.05, 3.63) is 88.5 Å². The molecule has 1 heterocycles.